The summed E-state index contributed by atoms with van der Waals surface area (Å²) in [6.07, 6.45) is 5.65. The topological polar surface area (TPSA) is 44.5 Å². The van der Waals surface area contributed by atoms with E-state index in [4.69, 9.17) is 15.2 Å². The van der Waals surface area contributed by atoms with Crippen LogP contribution in [0.25, 0.3) is 0 Å². The van der Waals surface area contributed by atoms with E-state index in [0.29, 0.717) is 17.9 Å². The molecule has 0 radical (unpaired) electrons. The smallest absolute Gasteiger partial charge is 0.128 e. The van der Waals surface area contributed by atoms with Gasteiger partial charge in [-0.25, -0.2) is 4.39 Å². The van der Waals surface area contributed by atoms with Gasteiger partial charge in [0, 0.05) is 29.2 Å². The zero-order valence-electron chi connectivity index (χ0n) is 12.4. The van der Waals surface area contributed by atoms with Crippen molar-refractivity contribution in [3.05, 3.63) is 23.3 Å². The van der Waals surface area contributed by atoms with Gasteiger partial charge >= 0.3 is 0 Å². The fourth-order valence-corrected chi connectivity index (χ4v) is 3.30. The molecular formula is C16H24FNO2. The van der Waals surface area contributed by atoms with Crippen LogP contribution < -0.4 is 15.2 Å². The molecule has 0 atom stereocenters. The fourth-order valence-electron chi connectivity index (χ4n) is 3.30. The Labute approximate surface area is 120 Å². The van der Waals surface area contributed by atoms with Crippen LogP contribution in [0.5, 0.6) is 11.5 Å². The summed E-state index contributed by atoms with van der Waals surface area (Å²) in [4.78, 5) is 0. The summed E-state index contributed by atoms with van der Waals surface area (Å²) in [6, 6.07) is 3.67. The number of methoxy groups -OCH3 is 2. The average molecular weight is 281 g/mol. The van der Waals surface area contributed by atoms with Crippen LogP contribution in [0.4, 0.5) is 4.39 Å². The Morgan fingerprint density at radius 2 is 1.75 bits per heavy atom. The number of nitrogens with two attached hydrogens (primary N) is 1. The van der Waals surface area contributed by atoms with Crippen LogP contribution in [0.15, 0.2) is 12.1 Å². The summed E-state index contributed by atoms with van der Waals surface area (Å²) in [5.74, 6) is 1.29. The van der Waals surface area contributed by atoms with E-state index in [9.17, 15) is 4.39 Å². The molecule has 0 heterocycles. The van der Waals surface area contributed by atoms with Gasteiger partial charge in [0.05, 0.1) is 14.2 Å². The van der Waals surface area contributed by atoms with Gasteiger partial charge in [-0.1, -0.05) is 19.3 Å². The summed E-state index contributed by atoms with van der Waals surface area (Å²) in [6.45, 7) is 0.0300. The zero-order valence-corrected chi connectivity index (χ0v) is 12.4. The first kappa shape index (κ1) is 15.1. The van der Waals surface area contributed by atoms with Crippen LogP contribution in [-0.2, 0) is 12.1 Å². The van der Waals surface area contributed by atoms with Crippen LogP contribution in [-0.4, -0.2) is 20.8 Å². The molecule has 1 saturated carbocycles. The van der Waals surface area contributed by atoms with E-state index in [1.165, 1.54) is 6.42 Å². The van der Waals surface area contributed by atoms with Gasteiger partial charge in [0.2, 0.25) is 0 Å². The number of ether oxygens (including phenoxy) is 2. The number of benzene rings is 1. The monoisotopic (exact) mass is 281 g/mol. The van der Waals surface area contributed by atoms with Crippen LogP contribution in [0, 0.1) is 0 Å². The molecule has 20 heavy (non-hydrogen) atoms. The lowest BCUT2D eigenvalue weighted by Crippen LogP contribution is -2.37. The number of hydrogen-bond acceptors (Lipinski definition) is 3. The SMILES string of the molecule is COc1cc(OC)c(C2(CN)CCCCC2)cc1CF. The standard InChI is InChI=1S/C16H24FNO2/c1-19-14-9-15(20-2)13(8-12(14)10-17)16(11-18)6-4-3-5-7-16/h8-9H,3-7,10-11,18H2,1-2H3. The molecule has 1 fully saturated rings. The Hall–Kier alpha value is -1.29. The number of alkyl halides is 1. The van der Waals surface area contributed by atoms with Gasteiger partial charge in [-0.3, -0.25) is 0 Å². The van der Waals surface area contributed by atoms with Gasteiger partial charge in [-0.05, 0) is 18.9 Å². The lowest BCUT2D eigenvalue weighted by atomic mass is 9.69. The van der Waals surface area contributed by atoms with Crippen molar-refractivity contribution in [2.24, 2.45) is 5.73 Å². The second-order valence-electron chi connectivity index (χ2n) is 5.54. The van der Waals surface area contributed by atoms with Crippen molar-refractivity contribution in [3.63, 3.8) is 0 Å². The molecule has 4 heteroatoms. The van der Waals surface area contributed by atoms with Gasteiger partial charge in [0.1, 0.15) is 18.2 Å². The highest BCUT2D eigenvalue weighted by Crippen LogP contribution is 2.44. The lowest BCUT2D eigenvalue weighted by Gasteiger charge is -2.38. The van der Waals surface area contributed by atoms with Crippen molar-refractivity contribution in [1.29, 1.82) is 0 Å². The minimum atomic E-state index is -0.541. The van der Waals surface area contributed by atoms with E-state index in [0.717, 1.165) is 37.0 Å². The first-order valence-corrected chi connectivity index (χ1v) is 7.22. The van der Waals surface area contributed by atoms with E-state index in [1.54, 1.807) is 20.3 Å². The molecule has 3 nitrogen and oxygen atoms in total. The highest BCUT2D eigenvalue weighted by Gasteiger charge is 2.35. The zero-order chi connectivity index (χ0) is 14.6. The van der Waals surface area contributed by atoms with E-state index in [1.807, 2.05) is 6.07 Å². The minimum absolute atomic E-state index is 0.0835. The first-order chi connectivity index (χ1) is 9.70. The molecule has 1 aromatic rings. The van der Waals surface area contributed by atoms with Gasteiger partial charge in [0.15, 0.2) is 0 Å². The van der Waals surface area contributed by atoms with Crippen molar-refractivity contribution >= 4 is 0 Å². The molecule has 1 aromatic carbocycles. The van der Waals surface area contributed by atoms with Gasteiger partial charge in [0.25, 0.3) is 0 Å². The van der Waals surface area contributed by atoms with Crippen molar-refractivity contribution in [1.82, 2.24) is 0 Å². The normalized spacial score (nSPS) is 17.8. The molecule has 0 aromatic heterocycles. The summed E-state index contributed by atoms with van der Waals surface area (Å²) >= 11 is 0. The second-order valence-corrected chi connectivity index (χ2v) is 5.54. The summed E-state index contributed by atoms with van der Waals surface area (Å²) in [5.41, 5.74) is 7.60. The molecule has 1 aliphatic rings. The Morgan fingerprint density at radius 1 is 1.10 bits per heavy atom. The lowest BCUT2D eigenvalue weighted by molar-refractivity contribution is 0.286. The second kappa shape index (κ2) is 6.44. The number of hydrogen-bond donors (Lipinski definition) is 1. The predicted octanol–water partition coefficient (Wildman–Crippen LogP) is 3.33. The third-order valence-electron chi connectivity index (χ3n) is 4.52. The van der Waals surface area contributed by atoms with Crippen LogP contribution in [0.1, 0.15) is 43.2 Å². The van der Waals surface area contributed by atoms with Gasteiger partial charge < -0.3 is 15.2 Å². The Kier molecular flexibility index (Phi) is 4.86. The Bertz CT molecular complexity index is 456. The maximum absolute atomic E-state index is 13.2. The van der Waals surface area contributed by atoms with Gasteiger partial charge in [-0.15, -0.1) is 0 Å². The van der Waals surface area contributed by atoms with E-state index < -0.39 is 6.67 Å². The van der Waals surface area contributed by atoms with E-state index in [2.05, 4.69) is 0 Å². The third kappa shape index (κ3) is 2.62. The van der Waals surface area contributed by atoms with Gasteiger partial charge in [-0.2, -0.15) is 0 Å². The van der Waals surface area contributed by atoms with E-state index in [-0.39, 0.29) is 5.41 Å². The third-order valence-corrected chi connectivity index (χ3v) is 4.52. The molecule has 0 amide bonds. The molecule has 1 aliphatic carbocycles. The maximum Gasteiger partial charge on any atom is 0.128 e. The largest absolute Gasteiger partial charge is 0.496 e. The van der Waals surface area contributed by atoms with Crippen molar-refractivity contribution in [3.8, 4) is 11.5 Å². The highest BCUT2D eigenvalue weighted by molar-refractivity contribution is 5.50. The molecule has 2 N–H and O–H groups in total. The molecular weight excluding hydrogens is 257 g/mol. The number of halogens is 1. The van der Waals surface area contributed by atoms with Crippen molar-refractivity contribution < 1.29 is 13.9 Å². The summed E-state index contributed by atoms with van der Waals surface area (Å²) < 4.78 is 24.0. The molecule has 112 valence electrons. The first-order valence-electron chi connectivity index (χ1n) is 7.22. The molecule has 2 rings (SSSR count). The predicted molar refractivity (Wildman–Crippen MR) is 78.2 cm³/mol. The highest BCUT2D eigenvalue weighted by atomic mass is 19.1. The molecule has 0 aliphatic heterocycles. The maximum atomic E-state index is 13.2. The van der Waals surface area contributed by atoms with Crippen LogP contribution >= 0.6 is 0 Å². The van der Waals surface area contributed by atoms with Crippen molar-refractivity contribution in [2.45, 2.75) is 44.2 Å². The summed E-state index contributed by atoms with van der Waals surface area (Å²) in [5, 5.41) is 0. The quantitative estimate of drug-likeness (QED) is 0.900. The summed E-state index contributed by atoms with van der Waals surface area (Å²) in [7, 11) is 3.19. The number of rotatable bonds is 5. The molecule has 0 bridgehead atoms. The van der Waals surface area contributed by atoms with E-state index >= 15 is 0 Å². The Balaban J connectivity index is 2.52. The molecule has 0 saturated heterocycles. The van der Waals surface area contributed by atoms with Crippen molar-refractivity contribution in [2.75, 3.05) is 20.8 Å². The minimum Gasteiger partial charge on any atom is -0.496 e. The van der Waals surface area contributed by atoms with Crippen LogP contribution in [0.2, 0.25) is 0 Å². The fraction of sp³-hybridized carbons (Fsp3) is 0.625. The van der Waals surface area contributed by atoms with Crippen LogP contribution in [0.3, 0.4) is 0 Å². The average Bonchev–Trinajstić information content (AvgIpc) is 2.54. The Morgan fingerprint density at radius 3 is 2.25 bits per heavy atom. The molecule has 0 spiro atoms. The molecule has 0 unspecified atom stereocenters.